The molecule has 0 spiro atoms. The molecule has 0 amide bonds. The minimum Gasteiger partial charge on any atom is -0.423 e. The Morgan fingerprint density at radius 1 is 0.558 bits per heavy atom. The minimum atomic E-state index is -0.418. The maximum Gasteiger partial charge on any atom is 0.343 e. The molecule has 0 unspecified atom stereocenters. The molecule has 0 radical (unpaired) electrons. The first-order valence-electron chi connectivity index (χ1n) is 16.4. The van der Waals surface area contributed by atoms with E-state index in [2.05, 4.69) is 62.4 Å². The average Bonchev–Trinajstić information content (AvgIpc) is 3.03. The van der Waals surface area contributed by atoms with Gasteiger partial charge in [0, 0.05) is 10.6 Å². The summed E-state index contributed by atoms with van der Waals surface area (Å²) in [4.78, 5) is 12.9. The molecule has 0 heterocycles. The van der Waals surface area contributed by atoms with E-state index in [0.717, 1.165) is 35.1 Å². The lowest BCUT2D eigenvalue weighted by Gasteiger charge is -2.10. The molecule has 3 heteroatoms. The van der Waals surface area contributed by atoms with Crippen LogP contribution in [0, 0.1) is 0 Å². The first-order chi connectivity index (χ1) is 21.1. The molecule has 0 fully saturated rings. The molecule has 0 aliphatic rings. The van der Waals surface area contributed by atoms with Crippen molar-refractivity contribution in [1.82, 2.24) is 0 Å². The van der Waals surface area contributed by atoms with Crippen LogP contribution in [0.4, 0.5) is 0 Å². The van der Waals surface area contributed by atoms with Gasteiger partial charge in [0.15, 0.2) is 0 Å². The topological polar surface area (TPSA) is 26.3 Å². The molecule has 0 atom stereocenters. The predicted octanol–water partition coefficient (Wildman–Crippen LogP) is 12.3. The summed E-state index contributed by atoms with van der Waals surface area (Å²) >= 11 is 6.63. The molecule has 0 saturated carbocycles. The van der Waals surface area contributed by atoms with Crippen molar-refractivity contribution < 1.29 is 9.53 Å². The number of halogens is 1. The van der Waals surface area contributed by atoms with E-state index in [1.807, 2.05) is 30.3 Å². The third-order valence-electron chi connectivity index (χ3n) is 8.21. The largest absolute Gasteiger partial charge is 0.423 e. The third-order valence-corrected chi connectivity index (χ3v) is 8.52. The van der Waals surface area contributed by atoms with Gasteiger partial charge in [-0.2, -0.15) is 0 Å². The van der Waals surface area contributed by atoms with E-state index in [4.69, 9.17) is 16.3 Å². The summed E-state index contributed by atoms with van der Waals surface area (Å²) in [6, 6.07) is 30.5. The van der Waals surface area contributed by atoms with Crippen LogP contribution in [0.1, 0.15) is 106 Å². The molecule has 4 aromatic rings. The van der Waals surface area contributed by atoms with Crippen molar-refractivity contribution in [2.75, 3.05) is 0 Å². The second-order valence-corrected chi connectivity index (χ2v) is 12.1. The molecule has 4 aromatic carbocycles. The van der Waals surface area contributed by atoms with Gasteiger partial charge < -0.3 is 4.74 Å². The molecule has 0 bridgehead atoms. The molecule has 0 aliphatic heterocycles. The van der Waals surface area contributed by atoms with Gasteiger partial charge in [0.1, 0.15) is 5.75 Å². The molecule has 0 aliphatic carbocycles. The van der Waals surface area contributed by atoms with Crippen molar-refractivity contribution in [1.29, 1.82) is 0 Å². The van der Waals surface area contributed by atoms with E-state index in [-0.39, 0.29) is 0 Å². The standard InChI is InChI=1S/C40H47ClO2/c1-3-5-7-9-11-13-15-31-16-20-33(21-17-31)34-24-27-37(28-25-34)43-40(42)36-26-29-38(39(41)30-36)35-22-18-32(19-23-35)14-12-10-8-6-4-2/h16-30H,3-15H2,1-2H3. The molecular formula is C40H47ClO2. The fourth-order valence-corrected chi connectivity index (χ4v) is 5.80. The number of ether oxygens (including phenoxy) is 1. The Morgan fingerprint density at radius 3 is 1.53 bits per heavy atom. The van der Waals surface area contributed by atoms with Gasteiger partial charge in [-0.1, -0.05) is 150 Å². The molecule has 226 valence electrons. The van der Waals surface area contributed by atoms with Gasteiger partial charge >= 0.3 is 5.97 Å². The van der Waals surface area contributed by atoms with Gasteiger partial charge in [-0.25, -0.2) is 4.79 Å². The number of unbranched alkanes of at least 4 members (excludes halogenated alkanes) is 9. The summed E-state index contributed by atoms with van der Waals surface area (Å²) in [5.41, 5.74) is 7.39. The Bertz CT molecular complexity index is 1390. The van der Waals surface area contributed by atoms with Crippen LogP contribution >= 0.6 is 11.6 Å². The number of rotatable bonds is 17. The van der Waals surface area contributed by atoms with Crippen molar-refractivity contribution in [3.05, 3.63) is 113 Å². The summed E-state index contributed by atoms with van der Waals surface area (Å²) in [7, 11) is 0. The van der Waals surface area contributed by atoms with Gasteiger partial charge in [0.25, 0.3) is 0 Å². The Kier molecular flexibility index (Phi) is 13.4. The summed E-state index contributed by atoms with van der Waals surface area (Å²) in [5.74, 6) is 0.0950. The zero-order valence-corrected chi connectivity index (χ0v) is 26.8. The van der Waals surface area contributed by atoms with Crippen molar-refractivity contribution in [2.45, 2.75) is 97.3 Å². The zero-order valence-electron chi connectivity index (χ0n) is 26.0. The second kappa shape index (κ2) is 17.7. The molecule has 2 nitrogen and oxygen atoms in total. The van der Waals surface area contributed by atoms with Crippen LogP contribution in [-0.4, -0.2) is 5.97 Å². The highest BCUT2D eigenvalue weighted by atomic mass is 35.5. The Balaban J connectivity index is 1.28. The number of esters is 1. The third kappa shape index (κ3) is 10.4. The smallest absolute Gasteiger partial charge is 0.343 e. The van der Waals surface area contributed by atoms with Crippen molar-refractivity contribution in [2.24, 2.45) is 0 Å². The Labute approximate surface area is 264 Å². The van der Waals surface area contributed by atoms with Crippen LogP contribution in [0.3, 0.4) is 0 Å². The van der Waals surface area contributed by atoms with Gasteiger partial charge in [-0.05, 0) is 77.8 Å². The normalized spacial score (nSPS) is 11.0. The molecule has 43 heavy (non-hydrogen) atoms. The van der Waals surface area contributed by atoms with E-state index in [0.29, 0.717) is 16.3 Å². The number of benzene rings is 4. The number of carbonyl (C=O) groups is 1. The molecule has 0 aromatic heterocycles. The van der Waals surface area contributed by atoms with Crippen LogP contribution in [0.5, 0.6) is 5.75 Å². The lowest BCUT2D eigenvalue weighted by atomic mass is 10.00. The lowest BCUT2D eigenvalue weighted by Crippen LogP contribution is -2.08. The second-order valence-electron chi connectivity index (χ2n) is 11.7. The van der Waals surface area contributed by atoms with E-state index in [1.54, 1.807) is 12.1 Å². The molecular weight excluding hydrogens is 548 g/mol. The van der Waals surface area contributed by atoms with Gasteiger partial charge in [-0.3, -0.25) is 0 Å². The highest BCUT2D eigenvalue weighted by molar-refractivity contribution is 6.33. The first kappa shape index (κ1) is 32.6. The quantitative estimate of drug-likeness (QED) is 0.0690. The lowest BCUT2D eigenvalue weighted by molar-refractivity contribution is 0.0735. The monoisotopic (exact) mass is 594 g/mol. The molecule has 0 saturated heterocycles. The van der Waals surface area contributed by atoms with Crippen LogP contribution in [0.2, 0.25) is 5.02 Å². The predicted molar refractivity (Wildman–Crippen MR) is 183 cm³/mol. The summed E-state index contributed by atoms with van der Waals surface area (Å²) in [5, 5.41) is 0.539. The zero-order chi connectivity index (χ0) is 30.3. The first-order valence-corrected chi connectivity index (χ1v) is 16.8. The van der Waals surface area contributed by atoms with Crippen molar-refractivity contribution in [3.8, 4) is 28.0 Å². The summed E-state index contributed by atoms with van der Waals surface area (Å²) in [6.45, 7) is 4.50. The highest BCUT2D eigenvalue weighted by Gasteiger charge is 2.13. The van der Waals surface area contributed by atoms with E-state index in [1.165, 1.54) is 81.8 Å². The van der Waals surface area contributed by atoms with Crippen LogP contribution in [0.15, 0.2) is 91.0 Å². The number of hydrogen-bond donors (Lipinski definition) is 0. The van der Waals surface area contributed by atoms with E-state index in [9.17, 15) is 4.79 Å². The fraction of sp³-hybridized carbons (Fsp3) is 0.375. The molecule has 4 rings (SSSR count). The number of hydrogen-bond acceptors (Lipinski definition) is 2. The summed E-state index contributed by atoms with van der Waals surface area (Å²) in [6.07, 6.45) is 16.6. The fourth-order valence-electron chi connectivity index (χ4n) is 5.51. The van der Waals surface area contributed by atoms with E-state index >= 15 is 0 Å². The average molecular weight is 595 g/mol. The molecule has 0 N–H and O–H groups in total. The number of carbonyl (C=O) groups excluding carboxylic acids is 1. The van der Waals surface area contributed by atoms with Crippen LogP contribution < -0.4 is 4.74 Å². The maximum atomic E-state index is 12.9. The van der Waals surface area contributed by atoms with Crippen molar-refractivity contribution >= 4 is 17.6 Å². The summed E-state index contributed by atoms with van der Waals surface area (Å²) < 4.78 is 5.67. The SMILES string of the molecule is CCCCCCCCc1ccc(-c2ccc(OC(=O)c3ccc(-c4ccc(CCCCCCC)cc4)c(Cl)c3)cc2)cc1. The van der Waals surface area contributed by atoms with Crippen LogP contribution in [-0.2, 0) is 12.8 Å². The van der Waals surface area contributed by atoms with Gasteiger partial charge in [0.05, 0.1) is 5.56 Å². The van der Waals surface area contributed by atoms with Gasteiger partial charge in [0.2, 0.25) is 0 Å². The van der Waals surface area contributed by atoms with Gasteiger partial charge in [-0.15, -0.1) is 0 Å². The Morgan fingerprint density at radius 2 is 1.02 bits per heavy atom. The highest BCUT2D eigenvalue weighted by Crippen LogP contribution is 2.30. The maximum absolute atomic E-state index is 12.9. The number of aryl methyl sites for hydroxylation is 2. The minimum absolute atomic E-state index is 0.418. The van der Waals surface area contributed by atoms with Crippen molar-refractivity contribution in [3.63, 3.8) is 0 Å². The van der Waals surface area contributed by atoms with Crippen LogP contribution in [0.25, 0.3) is 22.3 Å². The van der Waals surface area contributed by atoms with E-state index < -0.39 is 5.97 Å². The Hall–Kier alpha value is -3.36.